The van der Waals surface area contributed by atoms with E-state index in [1.165, 1.54) is 13.2 Å². The number of rotatable bonds is 5. The zero-order valence-corrected chi connectivity index (χ0v) is 10.5. The Bertz CT molecular complexity index is 374. The van der Waals surface area contributed by atoms with Crippen LogP contribution in [0.1, 0.15) is 31.9 Å². The fourth-order valence-electron chi connectivity index (χ4n) is 1.75. The van der Waals surface area contributed by atoms with Crippen molar-refractivity contribution in [3.63, 3.8) is 0 Å². The summed E-state index contributed by atoms with van der Waals surface area (Å²) in [7, 11) is 1.47. The molecular formula is C13H20O4. The highest BCUT2D eigenvalue weighted by atomic mass is 16.5. The summed E-state index contributed by atoms with van der Waals surface area (Å²) < 4.78 is 4.94. The van der Waals surface area contributed by atoms with E-state index in [0.29, 0.717) is 17.7 Å². The van der Waals surface area contributed by atoms with Crippen LogP contribution in [0.25, 0.3) is 0 Å². The summed E-state index contributed by atoms with van der Waals surface area (Å²) in [5, 5.41) is 28.8. The van der Waals surface area contributed by atoms with E-state index in [-0.39, 0.29) is 12.4 Å². The van der Waals surface area contributed by atoms with Crippen molar-refractivity contribution in [2.45, 2.75) is 26.4 Å². The number of aliphatic hydroxyl groups is 2. The van der Waals surface area contributed by atoms with Crippen molar-refractivity contribution in [3.8, 4) is 11.5 Å². The van der Waals surface area contributed by atoms with Crippen LogP contribution in [0.15, 0.2) is 18.2 Å². The van der Waals surface area contributed by atoms with Crippen molar-refractivity contribution >= 4 is 0 Å². The highest BCUT2D eigenvalue weighted by molar-refractivity contribution is 5.42. The largest absolute Gasteiger partial charge is 0.504 e. The number of ether oxygens (including phenoxy) is 1. The molecule has 1 rings (SSSR count). The smallest absolute Gasteiger partial charge is 0.160 e. The summed E-state index contributed by atoms with van der Waals surface area (Å²) in [5.74, 6) is 0.379. The average Bonchev–Trinajstić information content (AvgIpc) is 2.27. The standard InChI is InChI=1S/C13H20O4/c1-13(2,6-7-14)12(16)9-4-5-11(17-3)10(15)8-9/h4-5,8,12,14-16H,6-7H2,1-3H3/t12-/m0/s1. The van der Waals surface area contributed by atoms with Gasteiger partial charge in [-0.15, -0.1) is 0 Å². The highest BCUT2D eigenvalue weighted by Crippen LogP contribution is 2.38. The van der Waals surface area contributed by atoms with Crippen LogP contribution in [0.2, 0.25) is 0 Å². The fourth-order valence-corrected chi connectivity index (χ4v) is 1.75. The molecule has 4 heteroatoms. The predicted molar refractivity (Wildman–Crippen MR) is 65.1 cm³/mol. The average molecular weight is 240 g/mol. The maximum atomic E-state index is 10.2. The van der Waals surface area contributed by atoms with Crippen molar-refractivity contribution in [1.82, 2.24) is 0 Å². The summed E-state index contributed by atoms with van der Waals surface area (Å²) in [6, 6.07) is 4.81. The molecule has 1 atom stereocenters. The third-order valence-electron chi connectivity index (χ3n) is 3.02. The minimum Gasteiger partial charge on any atom is -0.504 e. The van der Waals surface area contributed by atoms with Gasteiger partial charge < -0.3 is 20.1 Å². The Labute approximate surface area is 101 Å². The van der Waals surface area contributed by atoms with Gasteiger partial charge in [-0.1, -0.05) is 19.9 Å². The van der Waals surface area contributed by atoms with E-state index in [1.54, 1.807) is 12.1 Å². The molecule has 0 unspecified atom stereocenters. The predicted octanol–water partition coefficient (Wildman–Crippen LogP) is 1.84. The second-order valence-corrected chi connectivity index (χ2v) is 4.80. The van der Waals surface area contributed by atoms with E-state index in [0.717, 1.165) is 0 Å². The first-order chi connectivity index (χ1) is 7.92. The second kappa shape index (κ2) is 5.38. The minimum absolute atomic E-state index is 0.00356. The summed E-state index contributed by atoms with van der Waals surface area (Å²) >= 11 is 0. The first-order valence-electron chi connectivity index (χ1n) is 5.58. The van der Waals surface area contributed by atoms with Crippen LogP contribution in [0.4, 0.5) is 0 Å². The molecular weight excluding hydrogens is 220 g/mol. The molecule has 3 N–H and O–H groups in total. The van der Waals surface area contributed by atoms with E-state index in [9.17, 15) is 10.2 Å². The molecule has 0 saturated heterocycles. The lowest BCUT2D eigenvalue weighted by Gasteiger charge is -2.30. The molecule has 0 heterocycles. The van der Waals surface area contributed by atoms with Gasteiger partial charge in [-0.05, 0) is 29.5 Å². The quantitative estimate of drug-likeness (QED) is 0.734. The van der Waals surface area contributed by atoms with E-state index in [2.05, 4.69) is 0 Å². The van der Waals surface area contributed by atoms with Crippen molar-refractivity contribution in [2.75, 3.05) is 13.7 Å². The molecule has 1 aromatic rings. The molecule has 17 heavy (non-hydrogen) atoms. The Morgan fingerprint density at radius 3 is 2.47 bits per heavy atom. The number of phenolic OH excluding ortho intramolecular Hbond substituents is 1. The van der Waals surface area contributed by atoms with Gasteiger partial charge in [0.25, 0.3) is 0 Å². The summed E-state index contributed by atoms with van der Waals surface area (Å²) in [6.45, 7) is 3.76. The van der Waals surface area contributed by atoms with Crippen molar-refractivity contribution in [2.24, 2.45) is 5.41 Å². The van der Waals surface area contributed by atoms with Crippen molar-refractivity contribution in [1.29, 1.82) is 0 Å². The normalized spacial score (nSPS) is 13.5. The van der Waals surface area contributed by atoms with E-state index in [1.807, 2.05) is 13.8 Å². The van der Waals surface area contributed by atoms with Gasteiger partial charge in [0.15, 0.2) is 11.5 Å². The molecule has 0 amide bonds. The van der Waals surface area contributed by atoms with Gasteiger partial charge in [-0.2, -0.15) is 0 Å². The molecule has 0 bridgehead atoms. The third kappa shape index (κ3) is 3.11. The van der Waals surface area contributed by atoms with Gasteiger partial charge in [-0.25, -0.2) is 0 Å². The van der Waals surface area contributed by atoms with Gasteiger partial charge in [0.2, 0.25) is 0 Å². The fraction of sp³-hybridized carbons (Fsp3) is 0.538. The lowest BCUT2D eigenvalue weighted by Crippen LogP contribution is -2.23. The van der Waals surface area contributed by atoms with Crippen LogP contribution < -0.4 is 4.74 Å². The van der Waals surface area contributed by atoms with Gasteiger partial charge in [0, 0.05) is 6.61 Å². The van der Waals surface area contributed by atoms with E-state index in [4.69, 9.17) is 9.84 Å². The maximum absolute atomic E-state index is 10.2. The van der Waals surface area contributed by atoms with Crippen LogP contribution in [0.5, 0.6) is 11.5 Å². The Kier molecular flexibility index (Phi) is 4.37. The molecule has 96 valence electrons. The molecule has 0 saturated carbocycles. The van der Waals surface area contributed by atoms with E-state index < -0.39 is 11.5 Å². The second-order valence-electron chi connectivity index (χ2n) is 4.80. The van der Waals surface area contributed by atoms with Crippen molar-refractivity contribution in [3.05, 3.63) is 23.8 Å². The zero-order chi connectivity index (χ0) is 13.1. The SMILES string of the molecule is COc1ccc([C@H](O)C(C)(C)CCO)cc1O. The van der Waals surface area contributed by atoms with Crippen LogP contribution in [0.3, 0.4) is 0 Å². The van der Waals surface area contributed by atoms with Crippen LogP contribution >= 0.6 is 0 Å². The van der Waals surface area contributed by atoms with E-state index >= 15 is 0 Å². The highest BCUT2D eigenvalue weighted by Gasteiger charge is 2.29. The third-order valence-corrected chi connectivity index (χ3v) is 3.02. The molecule has 0 aromatic heterocycles. The summed E-state index contributed by atoms with van der Waals surface area (Å²) in [6.07, 6.45) is -0.257. The van der Waals surface area contributed by atoms with Gasteiger partial charge in [0.05, 0.1) is 13.2 Å². The van der Waals surface area contributed by atoms with Crippen LogP contribution in [0, 0.1) is 5.41 Å². The van der Waals surface area contributed by atoms with Crippen LogP contribution in [-0.4, -0.2) is 29.0 Å². The Morgan fingerprint density at radius 2 is 2.00 bits per heavy atom. The number of hydrogen-bond donors (Lipinski definition) is 3. The zero-order valence-electron chi connectivity index (χ0n) is 10.5. The number of aromatic hydroxyl groups is 1. The number of phenols is 1. The molecule has 0 spiro atoms. The number of methoxy groups -OCH3 is 1. The number of hydrogen-bond acceptors (Lipinski definition) is 4. The lowest BCUT2D eigenvalue weighted by atomic mass is 9.80. The van der Waals surface area contributed by atoms with Gasteiger partial charge >= 0.3 is 0 Å². The van der Waals surface area contributed by atoms with Crippen molar-refractivity contribution < 1.29 is 20.1 Å². The number of benzene rings is 1. The van der Waals surface area contributed by atoms with Crippen LogP contribution in [-0.2, 0) is 0 Å². The maximum Gasteiger partial charge on any atom is 0.160 e. The molecule has 0 aliphatic heterocycles. The topological polar surface area (TPSA) is 69.9 Å². The molecule has 0 aliphatic rings. The molecule has 1 aromatic carbocycles. The molecule has 0 radical (unpaired) electrons. The first-order valence-corrected chi connectivity index (χ1v) is 5.58. The lowest BCUT2D eigenvalue weighted by molar-refractivity contribution is 0.0303. The van der Waals surface area contributed by atoms with Gasteiger partial charge in [-0.3, -0.25) is 0 Å². The Balaban J connectivity index is 2.96. The monoisotopic (exact) mass is 240 g/mol. The number of aliphatic hydroxyl groups excluding tert-OH is 2. The molecule has 4 nitrogen and oxygen atoms in total. The van der Waals surface area contributed by atoms with Gasteiger partial charge in [0.1, 0.15) is 0 Å². The first kappa shape index (κ1) is 13.8. The summed E-state index contributed by atoms with van der Waals surface area (Å²) in [4.78, 5) is 0. The summed E-state index contributed by atoms with van der Waals surface area (Å²) in [5.41, 5.74) is 0.164. The molecule has 0 fully saturated rings. The Hall–Kier alpha value is -1.26. The minimum atomic E-state index is -0.744. The Morgan fingerprint density at radius 1 is 1.35 bits per heavy atom. The molecule has 0 aliphatic carbocycles.